The molecule has 1 aromatic rings. The third-order valence-corrected chi connectivity index (χ3v) is 2.08. The smallest absolute Gasteiger partial charge is 0.338 e. The fourth-order valence-electron chi connectivity index (χ4n) is 1.23. The third kappa shape index (κ3) is 2.33. The molecular formula is C11H15NO2. The van der Waals surface area contributed by atoms with Crippen LogP contribution in [0.2, 0.25) is 0 Å². The van der Waals surface area contributed by atoms with Crippen molar-refractivity contribution in [3.8, 4) is 0 Å². The molecule has 0 unspecified atom stereocenters. The minimum absolute atomic E-state index is 0.290. The highest BCUT2D eigenvalue weighted by molar-refractivity contribution is 5.89. The summed E-state index contributed by atoms with van der Waals surface area (Å²) in [4.78, 5) is 11.4. The van der Waals surface area contributed by atoms with E-state index in [1.807, 2.05) is 13.0 Å². The number of hydrogen-bond acceptors (Lipinski definition) is 3. The Morgan fingerprint density at radius 3 is 2.79 bits per heavy atom. The zero-order chi connectivity index (χ0) is 10.6. The number of hydrogen-bond donors (Lipinski definition) is 1. The van der Waals surface area contributed by atoms with Crippen LogP contribution in [0, 0.1) is 6.92 Å². The van der Waals surface area contributed by atoms with Gasteiger partial charge in [-0.1, -0.05) is 6.07 Å². The maximum absolute atomic E-state index is 11.4. The van der Waals surface area contributed by atoms with E-state index in [-0.39, 0.29) is 5.97 Å². The van der Waals surface area contributed by atoms with Crippen molar-refractivity contribution in [1.82, 2.24) is 0 Å². The van der Waals surface area contributed by atoms with Gasteiger partial charge in [-0.2, -0.15) is 0 Å². The molecule has 0 saturated carbocycles. The van der Waals surface area contributed by atoms with Crippen molar-refractivity contribution in [3.05, 3.63) is 34.9 Å². The first-order chi connectivity index (χ1) is 6.69. The van der Waals surface area contributed by atoms with E-state index < -0.39 is 0 Å². The molecule has 0 fully saturated rings. The number of nitrogens with two attached hydrogens (primary N) is 1. The highest BCUT2D eigenvalue weighted by atomic mass is 16.5. The van der Waals surface area contributed by atoms with Crippen LogP contribution in [-0.2, 0) is 11.3 Å². The lowest BCUT2D eigenvalue weighted by Gasteiger charge is -2.06. The van der Waals surface area contributed by atoms with Gasteiger partial charge in [-0.05, 0) is 37.1 Å². The maximum Gasteiger partial charge on any atom is 0.338 e. The van der Waals surface area contributed by atoms with Gasteiger partial charge in [0, 0.05) is 6.54 Å². The molecule has 14 heavy (non-hydrogen) atoms. The van der Waals surface area contributed by atoms with Crippen LogP contribution < -0.4 is 5.73 Å². The Labute approximate surface area is 83.9 Å². The molecule has 0 aromatic heterocycles. The second-order valence-corrected chi connectivity index (χ2v) is 3.07. The molecule has 0 aliphatic heterocycles. The average molecular weight is 193 g/mol. The Kier molecular flexibility index (Phi) is 3.65. The summed E-state index contributed by atoms with van der Waals surface area (Å²) >= 11 is 0. The lowest BCUT2D eigenvalue weighted by Crippen LogP contribution is -2.07. The monoisotopic (exact) mass is 193 g/mol. The molecule has 76 valence electrons. The summed E-state index contributed by atoms with van der Waals surface area (Å²) in [5.74, 6) is -0.290. The summed E-state index contributed by atoms with van der Waals surface area (Å²) in [6.45, 7) is 4.59. The fourth-order valence-corrected chi connectivity index (χ4v) is 1.23. The molecule has 3 heteroatoms. The summed E-state index contributed by atoms with van der Waals surface area (Å²) in [5, 5.41) is 0. The lowest BCUT2D eigenvalue weighted by molar-refractivity contribution is 0.0526. The van der Waals surface area contributed by atoms with E-state index in [2.05, 4.69) is 0 Å². The zero-order valence-electron chi connectivity index (χ0n) is 8.54. The quantitative estimate of drug-likeness (QED) is 0.742. The second kappa shape index (κ2) is 4.77. The molecule has 1 rings (SSSR count). The van der Waals surface area contributed by atoms with Gasteiger partial charge >= 0.3 is 5.97 Å². The Bertz CT molecular complexity index is 334. The predicted molar refractivity (Wildman–Crippen MR) is 55.0 cm³/mol. The van der Waals surface area contributed by atoms with Crippen molar-refractivity contribution in [3.63, 3.8) is 0 Å². The largest absolute Gasteiger partial charge is 0.462 e. The number of esters is 1. The Hall–Kier alpha value is -1.35. The maximum atomic E-state index is 11.4. The number of carbonyl (C=O) groups is 1. The summed E-state index contributed by atoms with van der Waals surface area (Å²) in [6, 6.07) is 5.42. The molecule has 0 aliphatic carbocycles. The Morgan fingerprint density at radius 1 is 1.50 bits per heavy atom. The van der Waals surface area contributed by atoms with Gasteiger partial charge in [0.1, 0.15) is 0 Å². The second-order valence-electron chi connectivity index (χ2n) is 3.07. The predicted octanol–water partition coefficient (Wildman–Crippen LogP) is 1.63. The summed E-state index contributed by atoms with van der Waals surface area (Å²) in [5.41, 5.74) is 8.19. The molecule has 0 bridgehead atoms. The van der Waals surface area contributed by atoms with Crippen LogP contribution in [0.1, 0.15) is 28.4 Å². The zero-order valence-corrected chi connectivity index (χ0v) is 8.54. The minimum atomic E-state index is -0.290. The number of benzene rings is 1. The van der Waals surface area contributed by atoms with Crippen LogP contribution in [0.5, 0.6) is 0 Å². The van der Waals surface area contributed by atoms with Gasteiger partial charge in [0.2, 0.25) is 0 Å². The van der Waals surface area contributed by atoms with Crippen molar-refractivity contribution >= 4 is 5.97 Å². The number of aryl methyl sites for hydroxylation is 1. The van der Waals surface area contributed by atoms with E-state index in [0.29, 0.717) is 18.7 Å². The molecule has 0 atom stereocenters. The van der Waals surface area contributed by atoms with E-state index in [1.165, 1.54) is 0 Å². The number of rotatable bonds is 3. The number of carbonyl (C=O) groups excluding carboxylic acids is 1. The summed E-state index contributed by atoms with van der Waals surface area (Å²) in [6.07, 6.45) is 0. The van der Waals surface area contributed by atoms with E-state index in [0.717, 1.165) is 11.1 Å². The minimum Gasteiger partial charge on any atom is -0.462 e. The first-order valence-electron chi connectivity index (χ1n) is 4.65. The molecule has 2 N–H and O–H groups in total. The van der Waals surface area contributed by atoms with Gasteiger partial charge < -0.3 is 10.5 Å². The van der Waals surface area contributed by atoms with E-state index in [1.54, 1.807) is 19.1 Å². The van der Waals surface area contributed by atoms with Crippen molar-refractivity contribution in [2.24, 2.45) is 5.73 Å². The van der Waals surface area contributed by atoms with Crippen LogP contribution in [0.25, 0.3) is 0 Å². The van der Waals surface area contributed by atoms with Crippen LogP contribution in [0.15, 0.2) is 18.2 Å². The third-order valence-electron chi connectivity index (χ3n) is 2.08. The van der Waals surface area contributed by atoms with Crippen molar-refractivity contribution < 1.29 is 9.53 Å². The normalized spacial score (nSPS) is 9.93. The van der Waals surface area contributed by atoms with E-state index >= 15 is 0 Å². The highest BCUT2D eigenvalue weighted by Crippen LogP contribution is 2.11. The molecule has 0 amide bonds. The summed E-state index contributed by atoms with van der Waals surface area (Å²) in [7, 11) is 0. The van der Waals surface area contributed by atoms with E-state index in [9.17, 15) is 4.79 Å². The average Bonchev–Trinajstić information content (AvgIpc) is 2.19. The molecule has 0 spiro atoms. The molecule has 0 aliphatic rings. The standard InChI is InChI=1S/C11H15NO2/c1-3-14-11(13)9-5-4-8(2)10(6-9)7-12/h4-6H,3,7,12H2,1-2H3. The molecule has 0 radical (unpaired) electrons. The molecule has 0 saturated heterocycles. The van der Waals surface area contributed by atoms with Crippen LogP contribution in [-0.4, -0.2) is 12.6 Å². The van der Waals surface area contributed by atoms with Crippen molar-refractivity contribution in [2.75, 3.05) is 6.61 Å². The van der Waals surface area contributed by atoms with Gasteiger partial charge in [0.15, 0.2) is 0 Å². The van der Waals surface area contributed by atoms with E-state index in [4.69, 9.17) is 10.5 Å². The Balaban J connectivity index is 2.94. The Morgan fingerprint density at radius 2 is 2.21 bits per heavy atom. The number of ether oxygens (including phenoxy) is 1. The van der Waals surface area contributed by atoms with Crippen LogP contribution in [0.4, 0.5) is 0 Å². The van der Waals surface area contributed by atoms with Gasteiger partial charge in [-0.3, -0.25) is 0 Å². The highest BCUT2D eigenvalue weighted by Gasteiger charge is 2.07. The molecule has 3 nitrogen and oxygen atoms in total. The fraction of sp³-hybridized carbons (Fsp3) is 0.364. The SMILES string of the molecule is CCOC(=O)c1ccc(C)c(CN)c1. The van der Waals surface area contributed by atoms with Crippen LogP contribution >= 0.6 is 0 Å². The van der Waals surface area contributed by atoms with Gasteiger partial charge in [0.25, 0.3) is 0 Å². The molecular weight excluding hydrogens is 178 g/mol. The first kappa shape index (κ1) is 10.7. The molecule has 1 aromatic carbocycles. The summed E-state index contributed by atoms with van der Waals surface area (Å²) < 4.78 is 4.89. The van der Waals surface area contributed by atoms with Gasteiger partial charge in [-0.15, -0.1) is 0 Å². The van der Waals surface area contributed by atoms with Gasteiger partial charge in [0.05, 0.1) is 12.2 Å². The molecule has 0 heterocycles. The van der Waals surface area contributed by atoms with Gasteiger partial charge in [-0.25, -0.2) is 4.79 Å². The van der Waals surface area contributed by atoms with Crippen molar-refractivity contribution in [2.45, 2.75) is 20.4 Å². The van der Waals surface area contributed by atoms with Crippen LogP contribution in [0.3, 0.4) is 0 Å². The topological polar surface area (TPSA) is 52.3 Å². The first-order valence-corrected chi connectivity index (χ1v) is 4.65. The lowest BCUT2D eigenvalue weighted by atomic mass is 10.1. The van der Waals surface area contributed by atoms with Crippen molar-refractivity contribution in [1.29, 1.82) is 0 Å².